The molecule has 0 bridgehead atoms. The van der Waals surface area contributed by atoms with Gasteiger partial charge in [-0.05, 0) is 18.2 Å². The molecule has 0 heterocycles. The van der Waals surface area contributed by atoms with Crippen LogP contribution in [0.1, 0.15) is 19.4 Å². The van der Waals surface area contributed by atoms with Gasteiger partial charge < -0.3 is 11.5 Å². The number of anilines is 1. The predicted molar refractivity (Wildman–Crippen MR) is 72.4 cm³/mol. The molecule has 4 N–H and O–H groups in total. The van der Waals surface area contributed by atoms with Crippen LogP contribution in [0.3, 0.4) is 0 Å². The summed E-state index contributed by atoms with van der Waals surface area (Å²) in [5.74, 6) is 0.299. The van der Waals surface area contributed by atoms with Gasteiger partial charge in [0.25, 0.3) is 0 Å². The summed E-state index contributed by atoms with van der Waals surface area (Å²) in [4.78, 5) is 7.56. The molecule has 0 unspecified atom stereocenters. The highest BCUT2D eigenvalue weighted by Gasteiger charge is 2.04. The van der Waals surface area contributed by atoms with Crippen molar-refractivity contribution in [3.8, 4) is 0 Å². The van der Waals surface area contributed by atoms with Crippen molar-refractivity contribution >= 4 is 29.5 Å². The minimum Gasteiger partial charge on any atom is -0.399 e. The molecule has 1 rings (SSSR count). The largest absolute Gasteiger partial charge is 0.399 e. The summed E-state index contributed by atoms with van der Waals surface area (Å²) in [7, 11) is 1.61. The number of nitrogen functional groups attached to an aromatic ring is 1. The van der Waals surface area contributed by atoms with Crippen LogP contribution in [0.25, 0.3) is 0 Å². The van der Waals surface area contributed by atoms with E-state index in [9.17, 15) is 0 Å². The quantitative estimate of drug-likeness (QED) is 0.473. The summed E-state index contributed by atoms with van der Waals surface area (Å²) in [5.41, 5.74) is 12.5. The Balaban J connectivity index is 0.00000106. The highest BCUT2D eigenvalue weighted by atomic mass is 35.5. The van der Waals surface area contributed by atoms with E-state index in [1.54, 1.807) is 25.2 Å². The molecule has 16 heavy (non-hydrogen) atoms. The Morgan fingerprint density at radius 2 is 2.00 bits per heavy atom. The summed E-state index contributed by atoms with van der Waals surface area (Å²) in [6, 6.07) is 5.05. The van der Waals surface area contributed by atoms with Gasteiger partial charge in [-0.3, -0.25) is 4.99 Å². The molecule has 0 fully saturated rings. The fraction of sp³-hybridized carbons (Fsp3) is 0.273. The fourth-order valence-corrected chi connectivity index (χ4v) is 1.14. The minimum atomic E-state index is 0.299. The molecule has 0 saturated carbocycles. The van der Waals surface area contributed by atoms with E-state index in [0.717, 1.165) is 0 Å². The van der Waals surface area contributed by atoms with Gasteiger partial charge in [0.15, 0.2) is 0 Å². The molecule has 0 aromatic heterocycles. The fourth-order valence-electron chi connectivity index (χ4n) is 0.929. The Bertz CT molecular complexity index is 386. The van der Waals surface area contributed by atoms with E-state index in [1.807, 2.05) is 13.8 Å². The van der Waals surface area contributed by atoms with Crippen LogP contribution in [0, 0.1) is 0 Å². The van der Waals surface area contributed by atoms with E-state index in [2.05, 4.69) is 9.98 Å². The number of rotatable bonds is 2. The van der Waals surface area contributed by atoms with Crippen LogP contribution >= 0.6 is 11.6 Å². The summed E-state index contributed by atoms with van der Waals surface area (Å²) >= 11 is 5.91. The van der Waals surface area contributed by atoms with Crippen molar-refractivity contribution in [3.63, 3.8) is 0 Å². The summed E-state index contributed by atoms with van der Waals surface area (Å²) < 4.78 is 0. The molecule has 0 spiro atoms. The second kappa shape index (κ2) is 7.70. The lowest BCUT2D eigenvalue weighted by atomic mass is 10.2. The molecule has 1 aromatic rings. The number of amidine groups is 1. The Kier molecular flexibility index (Phi) is 6.96. The molecule has 0 aliphatic rings. The van der Waals surface area contributed by atoms with E-state index in [4.69, 9.17) is 23.1 Å². The zero-order chi connectivity index (χ0) is 12.6. The lowest BCUT2D eigenvalue weighted by Crippen LogP contribution is -2.14. The van der Waals surface area contributed by atoms with Crippen LogP contribution in [0.15, 0.2) is 28.2 Å². The molecule has 0 aliphatic heterocycles. The number of nitrogens with two attached hydrogens (primary N) is 2. The molecule has 1 aromatic carbocycles. The van der Waals surface area contributed by atoms with Crippen molar-refractivity contribution in [1.82, 2.24) is 0 Å². The first kappa shape index (κ1) is 14.5. The number of hydrogen-bond acceptors (Lipinski definition) is 2. The first-order chi connectivity index (χ1) is 7.65. The number of hydrogen-bond donors (Lipinski definition) is 2. The lowest BCUT2D eigenvalue weighted by molar-refractivity contribution is 1.43. The van der Waals surface area contributed by atoms with Crippen LogP contribution in [0.2, 0.25) is 5.02 Å². The topological polar surface area (TPSA) is 76.8 Å². The Hall–Kier alpha value is -1.55. The molecule has 88 valence electrons. The number of nitrogens with zero attached hydrogens (tertiary/aromatic N) is 2. The Morgan fingerprint density at radius 3 is 2.56 bits per heavy atom. The van der Waals surface area contributed by atoms with Gasteiger partial charge in [-0.15, -0.1) is 0 Å². The first-order valence-electron chi connectivity index (χ1n) is 4.94. The number of halogens is 1. The third-order valence-corrected chi connectivity index (χ3v) is 1.91. The van der Waals surface area contributed by atoms with Gasteiger partial charge in [-0.25, -0.2) is 4.99 Å². The molecule has 5 heteroatoms. The van der Waals surface area contributed by atoms with Gasteiger partial charge in [-0.1, -0.05) is 25.4 Å². The molecular formula is C11H17ClN4. The van der Waals surface area contributed by atoms with E-state index in [1.165, 1.54) is 6.34 Å². The maximum atomic E-state index is 5.91. The molecule has 0 amide bonds. The standard InChI is InChI=1S/C9H11ClN4.C2H6/c1-13-5-14-9(12)7-4-6(11)2-3-8(7)10;1-2/h2-5H,11H2,1H3,(H2,12,13,14);1-2H3. The van der Waals surface area contributed by atoms with Crippen molar-refractivity contribution in [3.05, 3.63) is 28.8 Å². The van der Waals surface area contributed by atoms with Crippen LogP contribution < -0.4 is 11.5 Å². The third kappa shape index (κ3) is 4.31. The first-order valence-corrected chi connectivity index (χ1v) is 5.32. The molecule has 0 atom stereocenters. The zero-order valence-corrected chi connectivity index (χ0v) is 10.5. The van der Waals surface area contributed by atoms with Crippen molar-refractivity contribution in [2.24, 2.45) is 15.7 Å². The normalized spacial score (nSPS) is 11.1. The van der Waals surface area contributed by atoms with E-state index < -0.39 is 0 Å². The van der Waals surface area contributed by atoms with E-state index in [0.29, 0.717) is 22.1 Å². The monoisotopic (exact) mass is 240 g/mol. The van der Waals surface area contributed by atoms with E-state index in [-0.39, 0.29) is 0 Å². The van der Waals surface area contributed by atoms with Crippen LogP contribution in [0.5, 0.6) is 0 Å². The predicted octanol–water partition coefficient (Wildman–Crippen LogP) is 2.31. The average Bonchev–Trinajstić information content (AvgIpc) is 2.31. The van der Waals surface area contributed by atoms with Crippen molar-refractivity contribution in [1.29, 1.82) is 0 Å². The molecule has 0 saturated heterocycles. The number of benzene rings is 1. The number of aliphatic imine (C=N–C) groups is 2. The molecule has 4 nitrogen and oxygen atoms in total. The smallest absolute Gasteiger partial charge is 0.134 e. The van der Waals surface area contributed by atoms with Gasteiger partial charge >= 0.3 is 0 Å². The summed E-state index contributed by atoms with van der Waals surface area (Å²) in [5, 5.41) is 0.518. The van der Waals surface area contributed by atoms with Crippen molar-refractivity contribution in [2.75, 3.05) is 12.8 Å². The highest BCUT2D eigenvalue weighted by Crippen LogP contribution is 2.18. The van der Waals surface area contributed by atoms with Crippen LogP contribution in [-0.2, 0) is 0 Å². The summed E-state index contributed by atoms with van der Waals surface area (Å²) in [6.07, 6.45) is 1.36. The van der Waals surface area contributed by atoms with Gasteiger partial charge in [0.1, 0.15) is 12.2 Å². The SMILES string of the molecule is CC.CN=CN=C(N)c1cc(N)ccc1Cl. The lowest BCUT2D eigenvalue weighted by Gasteiger charge is -2.03. The second-order valence-corrected chi connectivity index (χ2v) is 3.03. The second-order valence-electron chi connectivity index (χ2n) is 2.63. The average molecular weight is 241 g/mol. The Morgan fingerprint density at radius 1 is 1.38 bits per heavy atom. The highest BCUT2D eigenvalue weighted by molar-refractivity contribution is 6.34. The minimum absolute atomic E-state index is 0.299. The maximum absolute atomic E-state index is 5.91. The van der Waals surface area contributed by atoms with Crippen LogP contribution in [-0.4, -0.2) is 19.2 Å². The van der Waals surface area contributed by atoms with Crippen LogP contribution in [0.4, 0.5) is 5.69 Å². The maximum Gasteiger partial charge on any atom is 0.134 e. The van der Waals surface area contributed by atoms with Gasteiger partial charge in [0, 0.05) is 18.3 Å². The molecule has 0 radical (unpaired) electrons. The van der Waals surface area contributed by atoms with E-state index >= 15 is 0 Å². The summed E-state index contributed by atoms with van der Waals surface area (Å²) in [6.45, 7) is 4.00. The van der Waals surface area contributed by atoms with Gasteiger partial charge in [0.05, 0.1) is 5.02 Å². The van der Waals surface area contributed by atoms with Crippen molar-refractivity contribution in [2.45, 2.75) is 13.8 Å². The Labute approximate surface area is 101 Å². The zero-order valence-electron chi connectivity index (χ0n) is 9.74. The third-order valence-electron chi connectivity index (χ3n) is 1.58. The van der Waals surface area contributed by atoms with Crippen molar-refractivity contribution < 1.29 is 0 Å². The molecular weight excluding hydrogens is 224 g/mol. The van der Waals surface area contributed by atoms with Gasteiger partial charge in [-0.2, -0.15) is 0 Å². The van der Waals surface area contributed by atoms with Gasteiger partial charge in [0.2, 0.25) is 0 Å². The molecule has 0 aliphatic carbocycles.